The molecule has 0 unspecified atom stereocenters. The zero-order chi connectivity index (χ0) is 15.8. The first-order valence-corrected chi connectivity index (χ1v) is 7.62. The Hall–Kier alpha value is -2.15. The maximum atomic E-state index is 13.0. The van der Waals surface area contributed by atoms with Crippen LogP contribution >= 0.6 is 11.3 Å². The normalized spacial score (nSPS) is 11.3. The van der Waals surface area contributed by atoms with Crippen LogP contribution in [-0.4, -0.2) is 26.2 Å². The molecule has 0 saturated carbocycles. The third kappa shape index (κ3) is 5.00. The van der Waals surface area contributed by atoms with Gasteiger partial charge in [0.15, 0.2) is 17.6 Å². The number of halogens is 2. The summed E-state index contributed by atoms with van der Waals surface area (Å²) in [4.78, 5) is 5.30. The van der Waals surface area contributed by atoms with Gasteiger partial charge < -0.3 is 15.4 Å². The van der Waals surface area contributed by atoms with Crippen molar-refractivity contribution in [2.75, 3.05) is 20.2 Å². The monoisotopic (exact) mass is 325 g/mol. The number of nitrogens with one attached hydrogen (secondary N) is 2. The Morgan fingerprint density at radius 3 is 2.77 bits per heavy atom. The Bertz CT molecular complexity index is 617. The van der Waals surface area contributed by atoms with Crippen LogP contribution in [0.5, 0.6) is 5.75 Å². The Labute approximate surface area is 131 Å². The largest absolute Gasteiger partial charge is 0.492 e. The van der Waals surface area contributed by atoms with E-state index in [1.807, 2.05) is 17.5 Å². The minimum atomic E-state index is -0.918. The third-order valence-electron chi connectivity index (χ3n) is 2.79. The topological polar surface area (TPSA) is 45.7 Å². The molecule has 0 atom stereocenters. The van der Waals surface area contributed by atoms with Crippen molar-refractivity contribution in [3.8, 4) is 5.75 Å². The van der Waals surface area contributed by atoms with Crippen LogP contribution in [0.1, 0.15) is 4.88 Å². The number of ether oxygens (including phenoxy) is 1. The molecule has 0 fully saturated rings. The highest BCUT2D eigenvalue weighted by atomic mass is 32.1. The molecule has 1 heterocycles. The second-order valence-electron chi connectivity index (χ2n) is 4.36. The minimum absolute atomic E-state index is 0.294. The SMILES string of the molecule is CN=C(NCCOc1ccc(F)c(F)c1)NCc1cccs1. The molecule has 22 heavy (non-hydrogen) atoms. The average molecular weight is 325 g/mol. The van der Waals surface area contributed by atoms with Gasteiger partial charge in [0.2, 0.25) is 0 Å². The van der Waals surface area contributed by atoms with E-state index in [9.17, 15) is 8.78 Å². The summed E-state index contributed by atoms with van der Waals surface area (Å²) in [6, 6.07) is 7.49. The summed E-state index contributed by atoms with van der Waals surface area (Å²) < 4.78 is 31.1. The Balaban J connectivity index is 1.69. The van der Waals surface area contributed by atoms with Crippen LogP contribution < -0.4 is 15.4 Å². The summed E-state index contributed by atoms with van der Waals surface area (Å²) in [5.41, 5.74) is 0. The molecular weight excluding hydrogens is 308 g/mol. The van der Waals surface area contributed by atoms with E-state index in [2.05, 4.69) is 15.6 Å². The number of hydrogen-bond donors (Lipinski definition) is 2. The molecule has 1 aromatic carbocycles. The summed E-state index contributed by atoms with van der Waals surface area (Å²) in [5.74, 6) is -0.855. The van der Waals surface area contributed by atoms with Crippen LogP contribution in [-0.2, 0) is 6.54 Å². The highest BCUT2D eigenvalue weighted by Gasteiger charge is 2.03. The van der Waals surface area contributed by atoms with E-state index in [-0.39, 0.29) is 0 Å². The van der Waals surface area contributed by atoms with Crippen molar-refractivity contribution in [3.63, 3.8) is 0 Å². The first kappa shape index (κ1) is 16.2. The molecule has 0 aliphatic heterocycles. The van der Waals surface area contributed by atoms with E-state index < -0.39 is 11.6 Å². The second-order valence-corrected chi connectivity index (χ2v) is 5.39. The molecule has 0 saturated heterocycles. The standard InChI is InChI=1S/C15H17F2N3OS/c1-18-15(20-10-12-3-2-8-22-12)19-6-7-21-11-4-5-13(16)14(17)9-11/h2-5,8-9H,6-7,10H2,1H3,(H2,18,19,20). The Kier molecular flexibility index (Phi) is 6.14. The van der Waals surface area contributed by atoms with Crippen LogP contribution in [0.3, 0.4) is 0 Å². The fourth-order valence-electron chi connectivity index (χ4n) is 1.71. The smallest absolute Gasteiger partial charge is 0.191 e. The molecule has 7 heteroatoms. The van der Waals surface area contributed by atoms with E-state index in [4.69, 9.17) is 4.74 Å². The molecule has 0 amide bonds. The quantitative estimate of drug-likeness (QED) is 0.488. The summed E-state index contributed by atoms with van der Waals surface area (Å²) in [5, 5.41) is 8.27. The molecule has 0 spiro atoms. The lowest BCUT2D eigenvalue weighted by atomic mass is 10.3. The van der Waals surface area contributed by atoms with Crippen molar-refractivity contribution in [1.82, 2.24) is 10.6 Å². The van der Waals surface area contributed by atoms with Crippen molar-refractivity contribution >= 4 is 17.3 Å². The molecule has 0 aliphatic rings. The molecule has 1 aromatic heterocycles. The fraction of sp³-hybridized carbons (Fsp3) is 0.267. The third-order valence-corrected chi connectivity index (χ3v) is 3.66. The number of benzene rings is 1. The first-order chi connectivity index (χ1) is 10.7. The summed E-state index contributed by atoms with van der Waals surface area (Å²) >= 11 is 1.67. The van der Waals surface area contributed by atoms with Crippen molar-refractivity contribution in [2.24, 2.45) is 4.99 Å². The minimum Gasteiger partial charge on any atom is -0.492 e. The van der Waals surface area contributed by atoms with Crippen LogP contribution in [0.2, 0.25) is 0 Å². The summed E-state index contributed by atoms with van der Waals surface area (Å²) in [6.07, 6.45) is 0. The van der Waals surface area contributed by atoms with Crippen molar-refractivity contribution in [2.45, 2.75) is 6.54 Å². The molecule has 0 bridgehead atoms. The van der Waals surface area contributed by atoms with Crippen LogP contribution in [0.15, 0.2) is 40.7 Å². The number of hydrogen-bond acceptors (Lipinski definition) is 3. The fourth-order valence-corrected chi connectivity index (χ4v) is 2.35. The maximum Gasteiger partial charge on any atom is 0.191 e. The van der Waals surface area contributed by atoms with Gasteiger partial charge in [-0.15, -0.1) is 11.3 Å². The molecule has 0 radical (unpaired) electrons. The molecule has 118 valence electrons. The average Bonchev–Trinajstić information content (AvgIpc) is 3.03. The predicted octanol–water partition coefficient (Wildman–Crippen LogP) is 2.77. The van der Waals surface area contributed by atoms with E-state index >= 15 is 0 Å². The summed E-state index contributed by atoms with van der Waals surface area (Å²) in [6.45, 7) is 1.50. The number of nitrogens with zero attached hydrogens (tertiary/aromatic N) is 1. The van der Waals surface area contributed by atoms with Crippen molar-refractivity contribution in [3.05, 3.63) is 52.2 Å². The zero-order valence-electron chi connectivity index (χ0n) is 12.1. The van der Waals surface area contributed by atoms with Crippen LogP contribution in [0, 0.1) is 11.6 Å². The Morgan fingerprint density at radius 1 is 1.23 bits per heavy atom. The number of thiophene rings is 1. The lowest BCUT2D eigenvalue weighted by Gasteiger charge is -2.12. The molecule has 2 rings (SSSR count). The molecule has 2 aromatic rings. The molecule has 2 N–H and O–H groups in total. The predicted molar refractivity (Wildman–Crippen MR) is 84.4 cm³/mol. The van der Waals surface area contributed by atoms with Gasteiger partial charge in [0.05, 0.1) is 13.1 Å². The van der Waals surface area contributed by atoms with Gasteiger partial charge >= 0.3 is 0 Å². The van der Waals surface area contributed by atoms with E-state index in [1.165, 1.54) is 10.9 Å². The molecule has 4 nitrogen and oxygen atoms in total. The highest BCUT2D eigenvalue weighted by molar-refractivity contribution is 7.09. The number of aliphatic imine (C=N–C) groups is 1. The highest BCUT2D eigenvalue weighted by Crippen LogP contribution is 2.14. The van der Waals surface area contributed by atoms with E-state index in [1.54, 1.807) is 18.4 Å². The number of rotatable bonds is 6. The Morgan fingerprint density at radius 2 is 2.09 bits per heavy atom. The van der Waals surface area contributed by atoms with Crippen LogP contribution in [0.25, 0.3) is 0 Å². The zero-order valence-corrected chi connectivity index (χ0v) is 12.9. The second kappa shape index (κ2) is 8.33. The van der Waals surface area contributed by atoms with Gasteiger partial charge in [0, 0.05) is 18.0 Å². The van der Waals surface area contributed by atoms with Gasteiger partial charge in [-0.1, -0.05) is 6.07 Å². The number of guanidine groups is 1. The van der Waals surface area contributed by atoms with Gasteiger partial charge in [-0.2, -0.15) is 0 Å². The lowest BCUT2D eigenvalue weighted by molar-refractivity contribution is 0.318. The first-order valence-electron chi connectivity index (χ1n) is 6.74. The van der Waals surface area contributed by atoms with E-state index in [0.717, 1.165) is 12.1 Å². The van der Waals surface area contributed by atoms with Gasteiger partial charge in [0.1, 0.15) is 12.4 Å². The summed E-state index contributed by atoms with van der Waals surface area (Å²) in [7, 11) is 1.68. The van der Waals surface area contributed by atoms with Gasteiger partial charge in [-0.3, -0.25) is 4.99 Å². The van der Waals surface area contributed by atoms with Crippen molar-refractivity contribution in [1.29, 1.82) is 0 Å². The van der Waals surface area contributed by atoms with E-state index in [0.29, 0.717) is 31.4 Å². The van der Waals surface area contributed by atoms with Gasteiger partial charge in [0.25, 0.3) is 0 Å². The van der Waals surface area contributed by atoms with Gasteiger partial charge in [-0.25, -0.2) is 8.78 Å². The molecular formula is C15H17F2N3OS. The maximum absolute atomic E-state index is 13.0. The lowest BCUT2D eigenvalue weighted by Crippen LogP contribution is -2.38. The molecule has 0 aliphatic carbocycles. The van der Waals surface area contributed by atoms with Crippen molar-refractivity contribution < 1.29 is 13.5 Å². The van der Waals surface area contributed by atoms with Gasteiger partial charge in [-0.05, 0) is 23.6 Å². The van der Waals surface area contributed by atoms with Crippen LogP contribution in [0.4, 0.5) is 8.78 Å².